The van der Waals surface area contributed by atoms with E-state index in [0.717, 1.165) is 70.4 Å². The minimum absolute atomic E-state index is 0.00201. The summed E-state index contributed by atoms with van der Waals surface area (Å²) in [5.41, 5.74) is 2.45. The summed E-state index contributed by atoms with van der Waals surface area (Å²) in [5.74, 6) is 1.09. The fourth-order valence-corrected chi connectivity index (χ4v) is 7.22. The van der Waals surface area contributed by atoms with Crippen molar-refractivity contribution in [1.82, 2.24) is 10.2 Å². The van der Waals surface area contributed by atoms with E-state index in [0.29, 0.717) is 11.5 Å². The number of piperidine rings is 1. The lowest BCUT2D eigenvalue weighted by Gasteiger charge is -2.48. The van der Waals surface area contributed by atoms with Crippen molar-refractivity contribution in [2.75, 3.05) is 37.6 Å². The zero-order valence-corrected chi connectivity index (χ0v) is 21.8. The molecule has 0 aromatic heterocycles. The van der Waals surface area contributed by atoms with Crippen LogP contribution < -0.4 is 10.2 Å². The first-order chi connectivity index (χ1) is 18.0. The molecule has 2 heterocycles. The lowest BCUT2D eigenvalue weighted by molar-refractivity contribution is -0.120. The fourth-order valence-electron chi connectivity index (χ4n) is 7.22. The van der Waals surface area contributed by atoms with Gasteiger partial charge in [0.2, 0.25) is 5.91 Å². The molecule has 1 saturated carbocycles. The van der Waals surface area contributed by atoms with Gasteiger partial charge in [0.15, 0.2) is 0 Å². The highest BCUT2D eigenvalue weighted by Gasteiger charge is 2.52. The average molecular weight is 496 g/mol. The van der Waals surface area contributed by atoms with Gasteiger partial charge < -0.3 is 15.1 Å². The summed E-state index contributed by atoms with van der Waals surface area (Å²) >= 11 is 0. The zero-order valence-electron chi connectivity index (χ0n) is 21.8. The standard InChI is InChI=1S/C31H37N5O/c1-23(37)34-30-9-5-8-29(30)31(22-33,26-6-3-2-4-7-26)27-14-16-35(17-15-27)19-25-20-36(21-25)28-12-10-24(18-32)11-13-28/h2-4,6-7,10-13,25,27,29-30H,5,8-9,14-17,19-21H2,1H3,(H,34,37)/t29-,30-,31?/m0/s1. The summed E-state index contributed by atoms with van der Waals surface area (Å²) in [6, 6.07) is 23.4. The molecule has 2 aromatic carbocycles. The maximum absolute atomic E-state index is 12.0. The third kappa shape index (κ3) is 5.09. The van der Waals surface area contributed by atoms with Crippen molar-refractivity contribution in [3.63, 3.8) is 0 Å². The Bertz CT molecular complexity index is 1150. The molecule has 1 aliphatic carbocycles. The van der Waals surface area contributed by atoms with Crippen molar-refractivity contribution in [1.29, 1.82) is 10.5 Å². The molecule has 5 rings (SSSR count). The maximum atomic E-state index is 12.0. The van der Waals surface area contributed by atoms with Crippen LogP contribution in [0.5, 0.6) is 0 Å². The van der Waals surface area contributed by atoms with Crippen LogP contribution in [0, 0.1) is 40.4 Å². The molecule has 192 valence electrons. The Labute approximate surface area is 220 Å². The number of amides is 1. The molecule has 2 saturated heterocycles. The van der Waals surface area contributed by atoms with Gasteiger partial charge in [-0.05, 0) is 74.5 Å². The van der Waals surface area contributed by atoms with Gasteiger partial charge in [0, 0.05) is 50.1 Å². The Kier molecular flexibility index (Phi) is 7.49. The number of likely N-dealkylation sites (tertiary alicyclic amines) is 1. The van der Waals surface area contributed by atoms with Gasteiger partial charge in [0.05, 0.1) is 23.1 Å². The van der Waals surface area contributed by atoms with E-state index in [1.54, 1.807) is 6.92 Å². The number of carbonyl (C=O) groups is 1. The maximum Gasteiger partial charge on any atom is 0.217 e. The molecule has 6 heteroatoms. The molecule has 2 aromatic rings. The van der Waals surface area contributed by atoms with Crippen LogP contribution in [-0.4, -0.2) is 49.6 Å². The Morgan fingerprint density at radius 3 is 2.32 bits per heavy atom. The van der Waals surface area contributed by atoms with Gasteiger partial charge in [-0.3, -0.25) is 4.79 Å². The first-order valence-corrected chi connectivity index (χ1v) is 13.7. The normalized spacial score (nSPS) is 24.5. The second kappa shape index (κ2) is 11.0. The molecule has 0 spiro atoms. The van der Waals surface area contributed by atoms with Crippen molar-refractivity contribution < 1.29 is 4.79 Å². The van der Waals surface area contributed by atoms with E-state index >= 15 is 0 Å². The van der Waals surface area contributed by atoms with E-state index in [-0.39, 0.29) is 23.8 Å². The van der Waals surface area contributed by atoms with Gasteiger partial charge >= 0.3 is 0 Å². The number of nitrogens with zero attached hydrogens (tertiary/aromatic N) is 4. The Morgan fingerprint density at radius 2 is 1.70 bits per heavy atom. The van der Waals surface area contributed by atoms with Gasteiger partial charge in [-0.15, -0.1) is 0 Å². The predicted octanol–water partition coefficient (Wildman–Crippen LogP) is 4.47. The van der Waals surface area contributed by atoms with Crippen LogP contribution in [0.3, 0.4) is 0 Å². The van der Waals surface area contributed by atoms with Gasteiger partial charge in [-0.25, -0.2) is 0 Å². The SMILES string of the molecule is CC(=O)N[C@H]1CCC[C@@H]1C(C#N)(c1ccccc1)C1CCN(CC2CN(c3ccc(C#N)cc3)C2)CC1. The summed E-state index contributed by atoms with van der Waals surface area (Å²) in [5, 5.41) is 23.0. The lowest BCUT2D eigenvalue weighted by Crippen LogP contribution is -2.55. The number of hydrogen-bond donors (Lipinski definition) is 1. The summed E-state index contributed by atoms with van der Waals surface area (Å²) in [4.78, 5) is 17.0. The molecule has 3 atom stereocenters. The molecule has 37 heavy (non-hydrogen) atoms. The highest BCUT2D eigenvalue weighted by molar-refractivity contribution is 5.73. The van der Waals surface area contributed by atoms with Crippen molar-refractivity contribution >= 4 is 11.6 Å². The van der Waals surface area contributed by atoms with Crippen molar-refractivity contribution in [3.8, 4) is 12.1 Å². The summed E-state index contributed by atoms with van der Waals surface area (Å²) < 4.78 is 0. The van der Waals surface area contributed by atoms with Crippen molar-refractivity contribution in [2.45, 2.75) is 50.5 Å². The van der Waals surface area contributed by atoms with E-state index in [1.165, 1.54) is 5.69 Å². The van der Waals surface area contributed by atoms with Crippen LogP contribution in [0.25, 0.3) is 0 Å². The third-order valence-electron chi connectivity index (χ3n) is 8.99. The number of benzene rings is 2. The number of nitrogens with one attached hydrogen (secondary N) is 1. The summed E-state index contributed by atoms with van der Waals surface area (Å²) in [6.07, 6.45) is 5.02. The molecule has 0 radical (unpaired) electrons. The van der Waals surface area contributed by atoms with Crippen LogP contribution in [0.4, 0.5) is 5.69 Å². The first-order valence-electron chi connectivity index (χ1n) is 13.7. The Hall–Kier alpha value is -3.35. The molecular weight excluding hydrogens is 458 g/mol. The number of rotatable bonds is 7. The molecule has 2 aliphatic heterocycles. The van der Waals surface area contributed by atoms with Gasteiger partial charge in [-0.2, -0.15) is 10.5 Å². The van der Waals surface area contributed by atoms with Crippen LogP contribution in [0.1, 0.15) is 50.2 Å². The van der Waals surface area contributed by atoms with Crippen molar-refractivity contribution in [2.24, 2.45) is 17.8 Å². The van der Waals surface area contributed by atoms with Crippen molar-refractivity contribution in [3.05, 3.63) is 65.7 Å². The predicted molar refractivity (Wildman–Crippen MR) is 145 cm³/mol. The second-order valence-electron chi connectivity index (χ2n) is 11.2. The molecule has 3 aliphatic rings. The topological polar surface area (TPSA) is 83.2 Å². The lowest BCUT2D eigenvalue weighted by atomic mass is 9.59. The van der Waals surface area contributed by atoms with E-state index in [9.17, 15) is 10.1 Å². The quantitative estimate of drug-likeness (QED) is 0.613. The van der Waals surface area contributed by atoms with Crippen LogP contribution in [-0.2, 0) is 10.2 Å². The van der Waals surface area contributed by atoms with Gasteiger partial charge in [0.1, 0.15) is 0 Å². The van der Waals surface area contributed by atoms with Gasteiger partial charge in [-0.1, -0.05) is 36.8 Å². The highest BCUT2D eigenvalue weighted by atomic mass is 16.1. The third-order valence-corrected chi connectivity index (χ3v) is 8.99. The van der Waals surface area contributed by atoms with Crippen LogP contribution >= 0.6 is 0 Å². The first kappa shape index (κ1) is 25.3. The molecule has 3 fully saturated rings. The summed E-state index contributed by atoms with van der Waals surface area (Å²) in [6.45, 7) is 6.84. The molecule has 1 amide bonds. The number of hydrogen-bond acceptors (Lipinski definition) is 5. The molecule has 0 bridgehead atoms. The molecule has 6 nitrogen and oxygen atoms in total. The minimum atomic E-state index is -0.570. The Morgan fingerprint density at radius 1 is 1.00 bits per heavy atom. The summed E-state index contributed by atoms with van der Waals surface area (Å²) in [7, 11) is 0. The van der Waals surface area contributed by atoms with E-state index in [2.05, 4.69) is 51.5 Å². The smallest absolute Gasteiger partial charge is 0.217 e. The average Bonchev–Trinajstić information content (AvgIpc) is 3.36. The molecular formula is C31H37N5O. The molecule has 1 unspecified atom stereocenters. The molecule has 1 N–H and O–H groups in total. The highest BCUT2D eigenvalue weighted by Crippen LogP contribution is 2.50. The zero-order chi connectivity index (χ0) is 25.8. The Balaban J connectivity index is 1.24. The monoisotopic (exact) mass is 495 g/mol. The van der Waals surface area contributed by atoms with Crippen LogP contribution in [0.2, 0.25) is 0 Å². The minimum Gasteiger partial charge on any atom is -0.371 e. The van der Waals surface area contributed by atoms with Crippen LogP contribution in [0.15, 0.2) is 54.6 Å². The largest absolute Gasteiger partial charge is 0.371 e. The fraction of sp³-hybridized carbons (Fsp3) is 0.516. The number of anilines is 1. The number of carbonyl (C=O) groups excluding carboxylic acids is 1. The van der Waals surface area contributed by atoms with E-state index < -0.39 is 5.41 Å². The van der Waals surface area contributed by atoms with E-state index in [4.69, 9.17) is 5.26 Å². The number of nitriles is 2. The van der Waals surface area contributed by atoms with E-state index in [1.807, 2.05) is 30.3 Å². The van der Waals surface area contributed by atoms with Gasteiger partial charge in [0.25, 0.3) is 0 Å². The second-order valence-corrected chi connectivity index (χ2v) is 11.2.